The Labute approximate surface area is 193 Å². The van der Waals surface area contributed by atoms with Crippen molar-refractivity contribution in [1.82, 2.24) is 10.6 Å². The molecule has 8 nitrogen and oxygen atoms in total. The van der Waals surface area contributed by atoms with E-state index < -0.39 is 24.0 Å². The number of carbonyl (C=O) groups is 3. The second-order valence-electron chi connectivity index (χ2n) is 8.10. The molecule has 2 atom stereocenters. The summed E-state index contributed by atoms with van der Waals surface area (Å²) in [4.78, 5) is 36.0. The van der Waals surface area contributed by atoms with E-state index in [4.69, 9.17) is 14.6 Å². The number of ether oxygens (including phenoxy) is 2. The number of carboxylic acid groups (broad SMARTS) is 1. The van der Waals surface area contributed by atoms with Gasteiger partial charge in [0.05, 0.1) is 6.61 Å². The van der Waals surface area contributed by atoms with E-state index in [2.05, 4.69) is 22.8 Å². The number of alkyl carbamates (subject to hydrolysis) is 1. The van der Waals surface area contributed by atoms with E-state index in [1.165, 1.54) is 7.11 Å². The van der Waals surface area contributed by atoms with E-state index in [-0.39, 0.29) is 38.0 Å². The Kier molecular flexibility index (Phi) is 8.43. The molecule has 0 radical (unpaired) electrons. The molecule has 3 N–H and O–H groups in total. The lowest BCUT2D eigenvalue weighted by Crippen LogP contribution is -2.50. The number of hydrogen-bond donors (Lipinski definition) is 3. The first-order chi connectivity index (χ1) is 15.9. The molecule has 2 aromatic rings. The molecule has 0 fully saturated rings. The molecule has 176 valence electrons. The maximum atomic E-state index is 12.6. The van der Waals surface area contributed by atoms with E-state index in [1.54, 1.807) is 0 Å². The molecule has 3 rings (SSSR count). The van der Waals surface area contributed by atoms with Crippen molar-refractivity contribution in [2.24, 2.45) is 5.92 Å². The highest BCUT2D eigenvalue weighted by atomic mass is 16.5. The maximum absolute atomic E-state index is 12.6. The predicted molar refractivity (Wildman–Crippen MR) is 123 cm³/mol. The van der Waals surface area contributed by atoms with E-state index >= 15 is 0 Å². The highest BCUT2D eigenvalue weighted by molar-refractivity contribution is 5.86. The van der Waals surface area contributed by atoms with E-state index in [1.807, 2.05) is 43.3 Å². The molecule has 0 bridgehead atoms. The van der Waals surface area contributed by atoms with Crippen molar-refractivity contribution in [3.05, 3.63) is 59.7 Å². The monoisotopic (exact) mass is 454 g/mol. The molecule has 1 unspecified atom stereocenters. The van der Waals surface area contributed by atoms with Crippen LogP contribution in [0.5, 0.6) is 0 Å². The third-order valence-electron chi connectivity index (χ3n) is 5.89. The standard InChI is InChI=1S/C25H30N2O6/c1-3-16(12-23(28)29)13-26-24(30)22(15-32-2)27-25(31)33-14-21-19-10-6-4-8-17(19)18-9-5-7-11-20(18)21/h4-11,16,21-22H,3,12-15H2,1-2H3,(H,26,30)(H,27,31)(H,28,29)/t16?,22-/m0/s1. The maximum Gasteiger partial charge on any atom is 0.407 e. The lowest BCUT2D eigenvalue weighted by Gasteiger charge is -2.20. The summed E-state index contributed by atoms with van der Waals surface area (Å²) < 4.78 is 10.6. The van der Waals surface area contributed by atoms with Crippen molar-refractivity contribution in [2.45, 2.75) is 31.7 Å². The number of fused-ring (bicyclic) bond motifs is 3. The molecule has 0 aromatic heterocycles. The summed E-state index contributed by atoms with van der Waals surface area (Å²) in [5, 5.41) is 14.2. The lowest BCUT2D eigenvalue weighted by atomic mass is 9.98. The van der Waals surface area contributed by atoms with Crippen LogP contribution in [0, 0.1) is 5.92 Å². The summed E-state index contributed by atoms with van der Waals surface area (Å²) in [5.41, 5.74) is 4.46. The Morgan fingerprint density at radius 2 is 1.64 bits per heavy atom. The minimum atomic E-state index is -0.951. The Bertz CT molecular complexity index is 947. The number of nitrogens with one attached hydrogen (secondary N) is 2. The molecule has 0 saturated heterocycles. The average molecular weight is 455 g/mol. The number of benzene rings is 2. The number of methoxy groups -OCH3 is 1. The molecular formula is C25H30N2O6. The Balaban J connectivity index is 1.58. The fourth-order valence-electron chi connectivity index (χ4n) is 4.11. The van der Waals surface area contributed by atoms with Crippen molar-refractivity contribution >= 4 is 18.0 Å². The van der Waals surface area contributed by atoms with Crippen LogP contribution in [-0.4, -0.2) is 56.0 Å². The highest BCUT2D eigenvalue weighted by Crippen LogP contribution is 2.44. The largest absolute Gasteiger partial charge is 0.481 e. The van der Waals surface area contributed by atoms with Crippen LogP contribution in [0.3, 0.4) is 0 Å². The van der Waals surface area contributed by atoms with Gasteiger partial charge in [-0.3, -0.25) is 9.59 Å². The van der Waals surface area contributed by atoms with Crippen molar-refractivity contribution in [1.29, 1.82) is 0 Å². The van der Waals surface area contributed by atoms with Gasteiger partial charge in [0.2, 0.25) is 5.91 Å². The molecule has 0 saturated carbocycles. The second-order valence-corrected chi connectivity index (χ2v) is 8.10. The van der Waals surface area contributed by atoms with Crippen LogP contribution in [0.15, 0.2) is 48.5 Å². The summed E-state index contributed by atoms with van der Waals surface area (Å²) in [7, 11) is 1.43. The quantitative estimate of drug-likeness (QED) is 0.481. The zero-order valence-electron chi connectivity index (χ0n) is 18.9. The topological polar surface area (TPSA) is 114 Å². The first kappa shape index (κ1) is 24.3. The van der Waals surface area contributed by atoms with Gasteiger partial charge < -0.3 is 25.2 Å². The fourth-order valence-corrected chi connectivity index (χ4v) is 4.11. The van der Waals surface area contributed by atoms with E-state index in [9.17, 15) is 14.4 Å². The van der Waals surface area contributed by atoms with E-state index in [0.29, 0.717) is 6.42 Å². The predicted octanol–water partition coefficient (Wildman–Crippen LogP) is 3.16. The van der Waals surface area contributed by atoms with Gasteiger partial charge in [-0.15, -0.1) is 0 Å². The van der Waals surface area contributed by atoms with Gasteiger partial charge in [0.25, 0.3) is 0 Å². The molecule has 1 aliphatic carbocycles. The first-order valence-corrected chi connectivity index (χ1v) is 11.0. The molecule has 2 aromatic carbocycles. The molecule has 1 aliphatic rings. The van der Waals surface area contributed by atoms with Crippen LogP contribution in [-0.2, 0) is 19.1 Å². The Hall–Kier alpha value is -3.39. The van der Waals surface area contributed by atoms with Gasteiger partial charge in [-0.1, -0.05) is 61.9 Å². The van der Waals surface area contributed by atoms with Gasteiger partial charge in [0, 0.05) is 26.0 Å². The summed E-state index contributed by atoms with van der Waals surface area (Å²) in [6.07, 6.45) is -0.140. The summed E-state index contributed by atoms with van der Waals surface area (Å²) >= 11 is 0. The van der Waals surface area contributed by atoms with Crippen molar-refractivity contribution in [2.75, 3.05) is 26.9 Å². The molecule has 33 heavy (non-hydrogen) atoms. The number of hydrogen-bond acceptors (Lipinski definition) is 5. The number of aliphatic carboxylic acids is 1. The number of carbonyl (C=O) groups excluding carboxylic acids is 2. The minimum absolute atomic E-state index is 0.0360. The van der Waals surface area contributed by atoms with Crippen LogP contribution in [0.4, 0.5) is 4.79 Å². The zero-order chi connectivity index (χ0) is 23.8. The minimum Gasteiger partial charge on any atom is -0.481 e. The molecule has 2 amide bonds. The fraction of sp³-hybridized carbons (Fsp3) is 0.400. The highest BCUT2D eigenvalue weighted by Gasteiger charge is 2.30. The number of carboxylic acids is 1. The van der Waals surface area contributed by atoms with Crippen LogP contribution >= 0.6 is 0 Å². The molecule has 8 heteroatoms. The van der Waals surface area contributed by atoms with Gasteiger partial charge in [-0.2, -0.15) is 0 Å². The van der Waals surface area contributed by atoms with Crippen molar-refractivity contribution in [3.8, 4) is 11.1 Å². The van der Waals surface area contributed by atoms with Gasteiger partial charge in [-0.25, -0.2) is 4.79 Å². The van der Waals surface area contributed by atoms with Crippen molar-refractivity contribution in [3.63, 3.8) is 0 Å². The van der Waals surface area contributed by atoms with Gasteiger partial charge >= 0.3 is 12.1 Å². The molecular weight excluding hydrogens is 424 g/mol. The number of amides is 2. The SMILES string of the molecule is CCC(CNC(=O)[C@H](COC)NC(=O)OCC1c2ccccc2-c2ccccc21)CC(=O)O. The summed E-state index contributed by atoms with van der Waals surface area (Å²) in [6, 6.07) is 15.1. The smallest absolute Gasteiger partial charge is 0.407 e. The second kappa shape index (κ2) is 11.5. The first-order valence-electron chi connectivity index (χ1n) is 11.0. The van der Waals surface area contributed by atoms with Crippen molar-refractivity contribution < 1.29 is 29.0 Å². The third kappa shape index (κ3) is 6.10. The molecule has 0 aliphatic heterocycles. The van der Waals surface area contributed by atoms with Crippen LogP contribution in [0.1, 0.15) is 36.8 Å². The van der Waals surface area contributed by atoms with Gasteiger partial charge in [-0.05, 0) is 28.2 Å². The molecule has 0 heterocycles. The Morgan fingerprint density at radius 1 is 1.03 bits per heavy atom. The summed E-state index contributed by atoms with van der Waals surface area (Å²) in [5.74, 6) is -1.64. The normalized spacial score (nSPS) is 14.0. The Morgan fingerprint density at radius 3 is 2.18 bits per heavy atom. The van der Waals surface area contributed by atoms with Crippen LogP contribution in [0.25, 0.3) is 11.1 Å². The van der Waals surface area contributed by atoms with E-state index in [0.717, 1.165) is 22.3 Å². The van der Waals surface area contributed by atoms with Gasteiger partial charge in [0.1, 0.15) is 12.6 Å². The summed E-state index contributed by atoms with van der Waals surface area (Å²) in [6.45, 7) is 2.17. The average Bonchev–Trinajstić information content (AvgIpc) is 3.13. The molecule has 0 spiro atoms. The third-order valence-corrected chi connectivity index (χ3v) is 5.89. The van der Waals surface area contributed by atoms with Crippen LogP contribution in [0.2, 0.25) is 0 Å². The van der Waals surface area contributed by atoms with Gasteiger partial charge in [0.15, 0.2) is 0 Å². The lowest BCUT2D eigenvalue weighted by molar-refractivity contribution is -0.138. The van der Waals surface area contributed by atoms with Crippen LogP contribution < -0.4 is 10.6 Å². The number of rotatable bonds is 11. The zero-order valence-corrected chi connectivity index (χ0v) is 18.9.